The molecule has 2 fully saturated rings. The predicted molar refractivity (Wildman–Crippen MR) is 113 cm³/mol. The molecule has 1 atom stereocenters. The van der Waals surface area contributed by atoms with Crippen LogP contribution in [-0.4, -0.2) is 84.6 Å². The Hall–Kier alpha value is -1.90. The summed E-state index contributed by atoms with van der Waals surface area (Å²) in [5.41, 5.74) is 7.45. The lowest BCUT2D eigenvalue weighted by Crippen LogP contribution is -2.62. The summed E-state index contributed by atoms with van der Waals surface area (Å²) in [5.74, 6) is 1.09. The van der Waals surface area contributed by atoms with Crippen molar-refractivity contribution in [3.8, 4) is 16.9 Å². The minimum atomic E-state index is -0.554. The van der Waals surface area contributed by atoms with Gasteiger partial charge in [0.2, 0.25) is 0 Å². The van der Waals surface area contributed by atoms with Crippen molar-refractivity contribution in [3.05, 3.63) is 41.6 Å². The third-order valence-corrected chi connectivity index (χ3v) is 5.62. The van der Waals surface area contributed by atoms with Gasteiger partial charge in [-0.15, -0.1) is 0 Å². The molecule has 2 aliphatic heterocycles. The van der Waals surface area contributed by atoms with E-state index < -0.39 is 6.10 Å². The number of aliphatic hydroxyl groups excluding tert-OH is 1. The molecule has 0 radical (unpaired) electrons. The Balaban J connectivity index is 1.26. The highest BCUT2D eigenvalue weighted by Crippen LogP contribution is 2.28. The summed E-state index contributed by atoms with van der Waals surface area (Å²) >= 11 is 6.24. The maximum absolute atomic E-state index is 10.4. The number of rotatable bonds is 7. The number of nitrogens with two attached hydrogens (primary N) is 1. The second-order valence-corrected chi connectivity index (χ2v) is 8.07. The highest BCUT2D eigenvalue weighted by Gasteiger charge is 2.33. The van der Waals surface area contributed by atoms with Crippen LogP contribution in [0.15, 0.2) is 36.5 Å². The number of anilines is 1. The number of aromatic nitrogens is 1. The van der Waals surface area contributed by atoms with Crippen molar-refractivity contribution >= 4 is 17.4 Å². The fraction of sp³-hybridized carbons (Fsp3) is 0.476. The van der Waals surface area contributed by atoms with Crippen LogP contribution in [0.3, 0.4) is 0 Å². The number of morpholine rings is 1. The van der Waals surface area contributed by atoms with Crippen molar-refractivity contribution in [2.75, 3.05) is 58.3 Å². The number of nitrogen functional groups attached to an aromatic ring is 1. The van der Waals surface area contributed by atoms with Gasteiger partial charge in [0.1, 0.15) is 24.3 Å². The van der Waals surface area contributed by atoms with E-state index in [2.05, 4.69) is 14.8 Å². The molecule has 2 aliphatic rings. The molecule has 156 valence electrons. The third kappa shape index (κ3) is 5.38. The summed E-state index contributed by atoms with van der Waals surface area (Å²) in [7, 11) is 0. The lowest BCUT2D eigenvalue weighted by Gasteiger charge is -2.47. The molecule has 1 aromatic carbocycles. The smallest absolute Gasteiger partial charge is 0.123 e. The van der Waals surface area contributed by atoms with Gasteiger partial charge in [0.25, 0.3) is 0 Å². The van der Waals surface area contributed by atoms with Crippen LogP contribution in [0, 0.1) is 0 Å². The molecule has 0 amide bonds. The standard InChI is InChI=1S/C21H27ClN4O3/c22-17-7-16(15-1-2-21(23)24-10-15)8-20(9-17)29-14-19(27)13-25-11-18(12-25)26-3-5-28-6-4-26/h1-2,7-10,18-19,27H,3-6,11-14H2,(H2,23,24). The zero-order valence-corrected chi connectivity index (χ0v) is 17.1. The van der Waals surface area contributed by atoms with Gasteiger partial charge in [-0.25, -0.2) is 4.98 Å². The third-order valence-electron chi connectivity index (χ3n) is 5.40. The number of hydrogen-bond donors (Lipinski definition) is 2. The molecule has 29 heavy (non-hydrogen) atoms. The Kier molecular flexibility index (Phi) is 6.52. The molecule has 1 unspecified atom stereocenters. The lowest BCUT2D eigenvalue weighted by molar-refractivity contribution is -0.0461. The van der Waals surface area contributed by atoms with Crippen molar-refractivity contribution in [3.63, 3.8) is 0 Å². The van der Waals surface area contributed by atoms with E-state index in [1.54, 1.807) is 18.3 Å². The molecule has 2 saturated heterocycles. The van der Waals surface area contributed by atoms with E-state index in [4.69, 9.17) is 26.8 Å². The van der Waals surface area contributed by atoms with E-state index in [1.165, 1.54) is 0 Å². The predicted octanol–water partition coefficient (Wildman–Crippen LogP) is 1.74. The number of ether oxygens (including phenoxy) is 2. The molecule has 0 saturated carbocycles. The van der Waals surface area contributed by atoms with Gasteiger partial charge in [0, 0.05) is 55.5 Å². The maximum atomic E-state index is 10.4. The number of likely N-dealkylation sites (tertiary alicyclic amines) is 1. The first-order valence-corrected chi connectivity index (χ1v) is 10.3. The molecule has 3 heterocycles. The number of nitrogens with zero attached hydrogens (tertiary/aromatic N) is 3. The number of pyridine rings is 1. The quantitative estimate of drug-likeness (QED) is 0.708. The minimum Gasteiger partial charge on any atom is -0.491 e. The number of β-amino-alcohol motifs (C(OH)–C–C–N with tert-alkyl or cyclic N) is 1. The Morgan fingerprint density at radius 3 is 2.72 bits per heavy atom. The van der Waals surface area contributed by atoms with E-state index in [9.17, 15) is 5.11 Å². The number of halogens is 1. The Labute approximate surface area is 176 Å². The highest BCUT2D eigenvalue weighted by molar-refractivity contribution is 6.31. The number of hydrogen-bond acceptors (Lipinski definition) is 7. The summed E-state index contributed by atoms with van der Waals surface area (Å²) in [5, 5.41) is 10.9. The van der Waals surface area contributed by atoms with Crippen LogP contribution in [0.4, 0.5) is 5.82 Å². The van der Waals surface area contributed by atoms with Crippen molar-refractivity contribution in [2.24, 2.45) is 0 Å². The van der Waals surface area contributed by atoms with Gasteiger partial charge in [-0.2, -0.15) is 0 Å². The van der Waals surface area contributed by atoms with Crippen LogP contribution in [0.5, 0.6) is 5.75 Å². The fourth-order valence-electron chi connectivity index (χ4n) is 3.80. The normalized spacial score (nSPS) is 19.7. The summed E-state index contributed by atoms with van der Waals surface area (Å²) in [6.07, 6.45) is 1.15. The Morgan fingerprint density at radius 2 is 2.00 bits per heavy atom. The van der Waals surface area contributed by atoms with E-state index in [0.717, 1.165) is 50.5 Å². The minimum absolute atomic E-state index is 0.221. The molecule has 3 N–H and O–H groups in total. The topological polar surface area (TPSA) is 84.1 Å². The fourth-order valence-corrected chi connectivity index (χ4v) is 4.02. The lowest BCUT2D eigenvalue weighted by atomic mass is 10.1. The van der Waals surface area contributed by atoms with E-state index in [-0.39, 0.29) is 6.61 Å². The summed E-state index contributed by atoms with van der Waals surface area (Å²) in [6, 6.07) is 9.71. The molecule has 4 rings (SSSR count). The molecular weight excluding hydrogens is 392 g/mol. The van der Waals surface area contributed by atoms with Crippen molar-refractivity contribution in [1.29, 1.82) is 0 Å². The summed E-state index contributed by atoms with van der Waals surface area (Å²) in [4.78, 5) is 8.85. The largest absolute Gasteiger partial charge is 0.491 e. The molecule has 2 aromatic rings. The van der Waals surface area contributed by atoms with Crippen molar-refractivity contribution < 1.29 is 14.6 Å². The molecule has 7 nitrogen and oxygen atoms in total. The average molecular weight is 419 g/mol. The molecule has 0 bridgehead atoms. The van der Waals surface area contributed by atoms with Gasteiger partial charge in [0.15, 0.2) is 0 Å². The molecule has 0 spiro atoms. The zero-order chi connectivity index (χ0) is 20.2. The Morgan fingerprint density at radius 1 is 1.21 bits per heavy atom. The first-order valence-electron chi connectivity index (χ1n) is 9.94. The van der Waals surface area contributed by atoms with E-state index in [1.807, 2.05) is 18.2 Å². The molecule has 0 aliphatic carbocycles. The van der Waals surface area contributed by atoms with Gasteiger partial charge in [-0.1, -0.05) is 11.6 Å². The van der Waals surface area contributed by atoms with Crippen LogP contribution in [-0.2, 0) is 4.74 Å². The first-order chi connectivity index (χ1) is 14.1. The summed E-state index contributed by atoms with van der Waals surface area (Å²) in [6.45, 7) is 6.46. The summed E-state index contributed by atoms with van der Waals surface area (Å²) < 4.78 is 11.2. The Bertz CT molecular complexity index is 808. The maximum Gasteiger partial charge on any atom is 0.123 e. The van der Waals surface area contributed by atoms with E-state index in [0.29, 0.717) is 29.2 Å². The van der Waals surface area contributed by atoms with Crippen molar-refractivity contribution in [1.82, 2.24) is 14.8 Å². The highest BCUT2D eigenvalue weighted by atomic mass is 35.5. The second-order valence-electron chi connectivity index (χ2n) is 7.63. The van der Waals surface area contributed by atoms with Gasteiger partial charge in [0.05, 0.1) is 13.2 Å². The van der Waals surface area contributed by atoms with Crippen LogP contribution >= 0.6 is 11.6 Å². The molecule has 8 heteroatoms. The molecule has 1 aromatic heterocycles. The van der Waals surface area contributed by atoms with Gasteiger partial charge in [-0.3, -0.25) is 9.80 Å². The van der Waals surface area contributed by atoms with E-state index >= 15 is 0 Å². The van der Waals surface area contributed by atoms with Crippen LogP contribution in [0.2, 0.25) is 5.02 Å². The van der Waals surface area contributed by atoms with Gasteiger partial charge < -0.3 is 20.3 Å². The van der Waals surface area contributed by atoms with Crippen LogP contribution < -0.4 is 10.5 Å². The van der Waals surface area contributed by atoms with Gasteiger partial charge in [-0.05, 0) is 35.9 Å². The van der Waals surface area contributed by atoms with Crippen LogP contribution in [0.25, 0.3) is 11.1 Å². The second kappa shape index (κ2) is 9.28. The van der Waals surface area contributed by atoms with Crippen molar-refractivity contribution in [2.45, 2.75) is 12.1 Å². The first kappa shape index (κ1) is 20.4. The zero-order valence-electron chi connectivity index (χ0n) is 16.3. The number of aliphatic hydroxyl groups is 1. The monoisotopic (exact) mass is 418 g/mol. The average Bonchev–Trinajstić information content (AvgIpc) is 2.69. The SMILES string of the molecule is Nc1ccc(-c2cc(Cl)cc(OCC(O)CN3CC(N4CCOCC4)C3)c2)cn1. The number of benzene rings is 1. The molecular formula is C21H27ClN4O3. The van der Waals surface area contributed by atoms with Gasteiger partial charge >= 0.3 is 0 Å². The van der Waals surface area contributed by atoms with Crippen LogP contribution in [0.1, 0.15) is 0 Å².